The molecule has 3 aromatic rings. The van der Waals surface area contributed by atoms with Crippen LogP contribution in [-0.4, -0.2) is 23.9 Å². The third-order valence-corrected chi connectivity index (χ3v) is 4.18. The molecule has 7 nitrogen and oxygen atoms in total. The number of ether oxygens (including phenoxy) is 1. The lowest BCUT2D eigenvalue weighted by molar-refractivity contribution is -0.384. The van der Waals surface area contributed by atoms with Gasteiger partial charge >= 0.3 is 0 Å². The molecule has 1 amide bonds. The van der Waals surface area contributed by atoms with Crippen LogP contribution in [0.1, 0.15) is 15.9 Å². The second-order valence-corrected chi connectivity index (χ2v) is 6.29. The minimum Gasteiger partial charge on any atom is -0.489 e. The number of nitro benzene ring substituents is 1. The monoisotopic (exact) mass is 391 g/mol. The summed E-state index contributed by atoms with van der Waals surface area (Å²) in [6.45, 7) is 1.37. The van der Waals surface area contributed by atoms with E-state index >= 15 is 0 Å². The molecular formula is C22H21N3O4. The lowest BCUT2D eigenvalue weighted by Gasteiger charge is -2.09. The number of benzene rings is 3. The topological polar surface area (TPSA) is 93.5 Å². The van der Waals surface area contributed by atoms with E-state index in [0.717, 1.165) is 17.0 Å². The molecule has 0 fully saturated rings. The summed E-state index contributed by atoms with van der Waals surface area (Å²) >= 11 is 0. The molecule has 0 atom stereocenters. The van der Waals surface area contributed by atoms with Crippen LogP contribution in [-0.2, 0) is 6.61 Å². The second kappa shape index (κ2) is 9.89. The third-order valence-electron chi connectivity index (χ3n) is 4.18. The van der Waals surface area contributed by atoms with Crippen LogP contribution in [0.3, 0.4) is 0 Å². The van der Waals surface area contributed by atoms with Gasteiger partial charge in [0.15, 0.2) is 0 Å². The number of para-hydroxylation sites is 1. The lowest BCUT2D eigenvalue weighted by atomic mass is 10.1. The van der Waals surface area contributed by atoms with Crippen molar-refractivity contribution >= 4 is 17.3 Å². The van der Waals surface area contributed by atoms with Crippen molar-refractivity contribution in [1.29, 1.82) is 0 Å². The van der Waals surface area contributed by atoms with E-state index in [2.05, 4.69) is 10.6 Å². The number of amides is 1. The third kappa shape index (κ3) is 6.07. The van der Waals surface area contributed by atoms with Crippen molar-refractivity contribution in [3.8, 4) is 5.75 Å². The average molecular weight is 391 g/mol. The largest absolute Gasteiger partial charge is 0.489 e. The standard InChI is InChI=1S/C22H21N3O4/c26-22(24-15-14-23-19-10-12-20(13-11-19)25(27)28)18-8-6-17(7-9-18)16-29-21-4-2-1-3-5-21/h1-13,23H,14-16H2,(H,24,26). The number of hydrogen-bond acceptors (Lipinski definition) is 5. The van der Waals surface area contributed by atoms with Gasteiger partial charge in [0.2, 0.25) is 0 Å². The quantitative estimate of drug-likeness (QED) is 0.326. The van der Waals surface area contributed by atoms with Gasteiger partial charge in [-0.25, -0.2) is 0 Å². The average Bonchev–Trinajstić information content (AvgIpc) is 2.76. The number of carbonyl (C=O) groups excluding carboxylic acids is 1. The Hall–Kier alpha value is -3.87. The normalized spacial score (nSPS) is 10.2. The first-order valence-corrected chi connectivity index (χ1v) is 9.15. The predicted octanol–water partition coefficient (Wildman–Crippen LogP) is 4.02. The fraction of sp³-hybridized carbons (Fsp3) is 0.136. The number of anilines is 1. The van der Waals surface area contributed by atoms with E-state index in [9.17, 15) is 14.9 Å². The van der Waals surface area contributed by atoms with Crippen molar-refractivity contribution in [1.82, 2.24) is 5.32 Å². The van der Waals surface area contributed by atoms with Gasteiger partial charge in [0.25, 0.3) is 11.6 Å². The van der Waals surface area contributed by atoms with E-state index in [1.807, 2.05) is 42.5 Å². The van der Waals surface area contributed by atoms with Gasteiger partial charge in [-0.15, -0.1) is 0 Å². The number of rotatable bonds is 9. The number of nitro groups is 1. The van der Waals surface area contributed by atoms with Crippen molar-refractivity contribution < 1.29 is 14.5 Å². The minimum absolute atomic E-state index is 0.0430. The summed E-state index contributed by atoms with van der Waals surface area (Å²) in [6, 6.07) is 23.0. The maximum absolute atomic E-state index is 12.2. The molecule has 148 valence electrons. The van der Waals surface area contributed by atoms with Gasteiger partial charge in [-0.3, -0.25) is 14.9 Å². The van der Waals surface area contributed by atoms with Crippen LogP contribution < -0.4 is 15.4 Å². The maximum atomic E-state index is 12.2. The summed E-state index contributed by atoms with van der Waals surface area (Å²) in [5, 5.41) is 16.6. The summed E-state index contributed by atoms with van der Waals surface area (Å²) in [6.07, 6.45) is 0. The molecule has 0 aromatic heterocycles. The molecule has 0 unspecified atom stereocenters. The van der Waals surface area contributed by atoms with E-state index in [0.29, 0.717) is 25.3 Å². The molecule has 0 spiro atoms. The first-order chi connectivity index (χ1) is 14.1. The van der Waals surface area contributed by atoms with Crippen LogP contribution in [0.15, 0.2) is 78.9 Å². The Morgan fingerprint density at radius 2 is 1.59 bits per heavy atom. The SMILES string of the molecule is O=C(NCCNc1ccc([N+](=O)[O-])cc1)c1ccc(COc2ccccc2)cc1. The van der Waals surface area contributed by atoms with E-state index in [1.54, 1.807) is 24.3 Å². The minimum atomic E-state index is -0.441. The Balaban J connectivity index is 1.40. The maximum Gasteiger partial charge on any atom is 0.269 e. The molecule has 2 N–H and O–H groups in total. The molecular weight excluding hydrogens is 370 g/mol. The smallest absolute Gasteiger partial charge is 0.269 e. The fourth-order valence-corrected chi connectivity index (χ4v) is 2.62. The molecule has 0 aliphatic rings. The first kappa shape index (κ1) is 19.9. The molecule has 3 aromatic carbocycles. The van der Waals surface area contributed by atoms with Crippen molar-refractivity contribution in [2.24, 2.45) is 0 Å². The van der Waals surface area contributed by atoms with Crippen molar-refractivity contribution in [2.75, 3.05) is 18.4 Å². The molecule has 0 saturated heterocycles. The van der Waals surface area contributed by atoms with E-state index < -0.39 is 4.92 Å². The summed E-state index contributed by atoms with van der Waals surface area (Å²) in [4.78, 5) is 22.4. The summed E-state index contributed by atoms with van der Waals surface area (Å²) in [5.41, 5.74) is 2.35. The Morgan fingerprint density at radius 1 is 0.897 bits per heavy atom. The van der Waals surface area contributed by atoms with Gasteiger partial charge in [-0.2, -0.15) is 0 Å². The van der Waals surface area contributed by atoms with Gasteiger partial charge in [0.1, 0.15) is 12.4 Å². The van der Waals surface area contributed by atoms with Crippen LogP contribution in [0.2, 0.25) is 0 Å². The van der Waals surface area contributed by atoms with Gasteiger partial charge in [-0.05, 0) is 42.0 Å². The summed E-state index contributed by atoms with van der Waals surface area (Å²) in [7, 11) is 0. The van der Waals surface area contributed by atoms with Crippen molar-refractivity contribution in [3.63, 3.8) is 0 Å². The lowest BCUT2D eigenvalue weighted by Crippen LogP contribution is -2.28. The van der Waals surface area contributed by atoms with Gasteiger partial charge in [0.05, 0.1) is 4.92 Å². The fourth-order valence-electron chi connectivity index (χ4n) is 2.62. The predicted molar refractivity (Wildman–Crippen MR) is 111 cm³/mol. The van der Waals surface area contributed by atoms with Crippen molar-refractivity contribution in [3.05, 3.63) is 100 Å². The highest BCUT2D eigenvalue weighted by Crippen LogP contribution is 2.15. The highest BCUT2D eigenvalue weighted by Gasteiger charge is 2.06. The Kier molecular flexibility index (Phi) is 6.78. The Morgan fingerprint density at radius 3 is 2.24 bits per heavy atom. The first-order valence-electron chi connectivity index (χ1n) is 9.15. The van der Waals surface area contributed by atoms with E-state index in [1.165, 1.54) is 12.1 Å². The Labute approximate surface area is 168 Å². The zero-order valence-corrected chi connectivity index (χ0v) is 15.7. The number of nitrogens with zero attached hydrogens (tertiary/aromatic N) is 1. The van der Waals surface area contributed by atoms with E-state index in [-0.39, 0.29) is 11.6 Å². The molecule has 0 aliphatic heterocycles. The van der Waals surface area contributed by atoms with Gasteiger partial charge in [-0.1, -0.05) is 30.3 Å². The molecule has 0 heterocycles. The molecule has 7 heteroatoms. The van der Waals surface area contributed by atoms with Crippen LogP contribution >= 0.6 is 0 Å². The van der Waals surface area contributed by atoms with Gasteiger partial charge in [0, 0.05) is 36.5 Å². The van der Waals surface area contributed by atoms with Crippen LogP contribution in [0.5, 0.6) is 5.75 Å². The summed E-state index contributed by atoms with van der Waals surface area (Å²) in [5.74, 6) is 0.640. The van der Waals surface area contributed by atoms with Crippen LogP contribution in [0.4, 0.5) is 11.4 Å². The van der Waals surface area contributed by atoms with Crippen LogP contribution in [0.25, 0.3) is 0 Å². The van der Waals surface area contributed by atoms with Crippen molar-refractivity contribution in [2.45, 2.75) is 6.61 Å². The number of nitrogens with one attached hydrogen (secondary N) is 2. The molecule has 29 heavy (non-hydrogen) atoms. The number of carbonyl (C=O) groups is 1. The highest BCUT2D eigenvalue weighted by atomic mass is 16.6. The number of non-ortho nitro benzene ring substituents is 1. The zero-order valence-electron chi connectivity index (χ0n) is 15.7. The highest BCUT2D eigenvalue weighted by molar-refractivity contribution is 5.94. The summed E-state index contributed by atoms with van der Waals surface area (Å²) < 4.78 is 5.69. The van der Waals surface area contributed by atoms with E-state index in [4.69, 9.17) is 4.74 Å². The molecule has 3 rings (SSSR count). The van der Waals surface area contributed by atoms with Gasteiger partial charge < -0.3 is 15.4 Å². The molecule has 0 radical (unpaired) electrons. The molecule has 0 bridgehead atoms. The molecule has 0 aliphatic carbocycles. The zero-order chi connectivity index (χ0) is 20.5. The Bertz CT molecular complexity index is 942. The number of hydrogen-bond donors (Lipinski definition) is 2. The molecule has 0 saturated carbocycles. The van der Waals surface area contributed by atoms with Crippen LogP contribution in [0, 0.1) is 10.1 Å². The second-order valence-electron chi connectivity index (χ2n) is 6.29.